The van der Waals surface area contributed by atoms with Crippen molar-refractivity contribution in [3.8, 4) is 5.75 Å². The summed E-state index contributed by atoms with van der Waals surface area (Å²) in [4.78, 5) is 16.8. The third kappa shape index (κ3) is 6.64. The Hall–Kier alpha value is -1.35. The van der Waals surface area contributed by atoms with Gasteiger partial charge in [0.25, 0.3) is 0 Å². The molecule has 7 heteroatoms. The van der Waals surface area contributed by atoms with Crippen molar-refractivity contribution in [2.45, 2.75) is 0 Å². The highest BCUT2D eigenvalue weighted by atomic mass is 127. The fraction of sp³-hybridized carbons (Fsp3) is 0.350. The number of halogens is 2. The molecular formula is C20H23ClIN3O2. The number of carbonyl (C=O) groups excluding carboxylic acids is 1. The maximum Gasteiger partial charge on any atom is 0.238 e. The summed E-state index contributed by atoms with van der Waals surface area (Å²) in [5.41, 5.74) is 0.876. The van der Waals surface area contributed by atoms with E-state index in [1.54, 1.807) is 0 Å². The van der Waals surface area contributed by atoms with Crippen molar-refractivity contribution in [3.05, 3.63) is 57.1 Å². The van der Waals surface area contributed by atoms with Crippen molar-refractivity contribution in [1.82, 2.24) is 9.80 Å². The monoisotopic (exact) mass is 499 g/mol. The van der Waals surface area contributed by atoms with E-state index in [-0.39, 0.29) is 5.91 Å². The Morgan fingerprint density at radius 2 is 1.70 bits per heavy atom. The molecule has 1 fully saturated rings. The van der Waals surface area contributed by atoms with Gasteiger partial charge in [-0.3, -0.25) is 14.6 Å². The van der Waals surface area contributed by atoms with E-state index in [0.29, 0.717) is 18.2 Å². The quantitative estimate of drug-likeness (QED) is 0.592. The first-order valence-corrected chi connectivity index (χ1v) is 10.4. The summed E-state index contributed by atoms with van der Waals surface area (Å²) < 4.78 is 6.80. The largest absolute Gasteiger partial charge is 0.492 e. The van der Waals surface area contributed by atoms with Gasteiger partial charge in [0.2, 0.25) is 5.91 Å². The minimum absolute atomic E-state index is 0.0404. The molecule has 2 aromatic rings. The highest BCUT2D eigenvalue weighted by Gasteiger charge is 2.19. The van der Waals surface area contributed by atoms with Gasteiger partial charge < -0.3 is 10.1 Å². The fourth-order valence-corrected chi connectivity index (χ4v) is 3.60. The number of anilines is 1. The zero-order valence-electron chi connectivity index (χ0n) is 15.0. The summed E-state index contributed by atoms with van der Waals surface area (Å²) in [7, 11) is 0. The number of nitrogens with one attached hydrogen (secondary N) is 1. The molecule has 0 spiro atoms. The number of benzene rings is 2. The van der Waals surface area contributed by atoms with Gasteiger partial charge in [0.15, 0.2) is 0 Å². The standard InChI is InChI=1S/C20H23ClIN3O2/c21-16-5-7-17(8-6-16)27-14-13-24-9-11-25(12-10-24)15-20(26)23-19-4-2-1-3-18(19)22/h1-8H,9-15H2,(H,23,26). The van der Waals surface area contributed by atoms with Crippen LogP contribution in [-0.2, 0) is 4.79 Å². The molecule has 0 bridgehead atoms. The van der Waals surface area contributed by atoms with E-state index >= 15 is 0 Å². The van der Waals surface area contributed by atoms with Crippen LogP contribution in [0.4, 0.5) is 5.69 Å². The van der Waals surface area contributed by atoms with Crippen molar-refractivity contribution in [3.63, 3.8) is 0 Å². The van der Waals surface area contributed by atoms with Gasteiger partial charge >= 0.3 is 0 Å². The highest BCUT2D eigenvalue weighted by molar-refractivity contribution is 14.1. The first kappa shape index (κ1) is 20.4. The molecule has 0 unspecified atom stereocenters. The van der Waals surface area contributed by atoms with E-state index in [2.05, 4.69) is 37.7 Å². The van der Waals surface area contributed by atoms with Gasteiger partial charge in [-0.15, -0.1) is 0 Å². The summed E-state index contributed by atoms with van der Waals surface area (Å²) in [6.07, 6.45) is 0. The third-order valence-corrected chi connectivity index (χ3v) is 5.66. The molecule has 0 saturated carbocycles. The van der Waals surface area contributed by atoms with Gasteiger partial charge in [0.1, 0.15) is 12.4 Å². The lowest BCUT2D eigenvalue weighted by Gasteiger charge is -2.34. The number of amides is 1. The molecule has 0 aromatic heterocycles. The van der Waals surface area contributed by atoms with Crippen LogP contribution in [0.1, 0.15) is 0 Å². The van der Waals surface area contributed by atoms with Crippen LogP contribution in [0.3, 0.4) is 0 Å². The van der Waals surface area contributed by atoms with Crippen LogP contribution < -0.4 is 10.1 Å². The van der Waals surface area contributed by atoms with E-state index < -0.39 is 0 Å². The Morgan fingerprint density at radius 3 is 2.41 bits per heavy atom. The number of ether oxygens (including phenoxy) is 1. The molecule has 5 nitrogen and oxygen atoms in total. The molecule has 1 aliphatic rings. The highest BCUT2D eigenvalue weighted by Crippen LogP contribution is 2.17. The van der Waals surface area contributed by atoms with Crippen LogP contribution >= 0.6 is 34.2 Å². The molecular weight excluding hydrogens is 477 g/mol. The first-order chi connectivity index (χ1) is 13.1. The number of hydrogen-bond donors (Lipinski definition) is 1. The summed E-state index contributed by atoms with van der Waals surface area (Å²) in [5.74, 6) is 0.879. The van der Waals surface area contributed by atoms with Crippen molar-refractivity contribution in [2.24, 2.45) is 0 Å². The predicted molar refractivity (Wildman–Crippen MR) is 118 cm³/mol. The zero-order valence-corrected chi connectivity index (χ0v) is 17.9. The van der Waals surface area contributed by atoms with E-state index in [1.165, 1.54) is 0 Å². The molecule has 3 rings (SSSR count). The van der Waals surface area contributed by atoms with E-state index in [0.717, 1.165) is 47.7 Å². The molecule has 144 valence electrons. The zero-order chi connectivity index (χ0) is 19.1. The number of carbonyl (C=O) groups is 1. The van der Waals surface area contributed by atoms with Crippen molar-refractivity contribution < 1.29 is 9.53 Å². The second-order valence-electron chi connectivity index (χ2n) is 6.45. The van der Waals surface area contributed by atoms with Gasteiger partial charge in [-0.1, -0.05) is 23.7 Å². The lowest BCUT2D eigenvalue weighted by Crippen LogP contribution is -2.49. The van der Waals surface area contributed by atoms with Crippen molar-refractivity contribution in [1.29, 1.82) is 0 Å². The lowest BCUT2D eigenvalue weighted by molar-refractivity contribution is -0.117. The van der Waals surface area contributed by atoms with Crippen molar-refractivity contribution in [2.75, 3.05) is 51.2 Å². The maximum absolute atomic E-state index is 12.3. The van der Waals surface area contributed by atoms with E-state index in [4.69, 9.17) is 16.3 Å². The normalized spacial score (nSPS) is 15.5. The van der Waals surface area contributed by atoms with Crippen LogP contribution in [0.2, 0.25) is 5.02 Å². The predicted octanol–water partition coefficient (Wildman–Crippen LogP) is 3.58. The third-order valence-electron chi connectivity index (χ3n) is 4.47. The van der Waals surface area contributed by atoms with Crippen LogP contribution in [0.25, 0.3) is 0 Å². The second-order valence-corrected chi connectivity index (χ2v) is 8.05. The minimum Gasteiger partial charge on any atom is -0.492 e. The Bertz CT molecular complexity index is 749. The summed E-state index contributed by atoms with van der Waals surface area (Å²) >= 11 is 8.10. The van der Waals surface area contributed by atoms with Gasteiger partial charge in [0, 0.05) is 41.3 Å². The van der Waals surface area contributed by atoms with Crippen LogP contribution in [0.15, 0.2) is 48.5 Å². The molecule has 0 radical (unpaired) electrons. The average Bonchev–Trinajstić information content (AvgIpc) is 2.67. The maximum atomic E-state index is 12.3. The van der Waals surface area contributed by atoms with Crippen molar-refractivity contribution >= 4 is 45.8 Å². The Labute approximate surface area is 178 Å². The molecule has 1 heterocycles. The Morgan fingerprint density at radius 1 is 1.04 bits per heavy atom. The van der Waals surface area contributed by atoms with Gasteiger partial charge in [-0.2, -0.15) is 0 Å². The number of hydrogen-bond acceptors (Lipinski definition) is 4. The summed E-state index contributed by atoms with van der Waals surface area (Å²) in [5, 5.41) is 3.71. The minimum atomic E-state index is 0.0404. The lowest BCUT2D eigenvalue weighted by atomic mass is 10.3. The molecule has 0 atom stereocenters. The molecule has 0 aliphatic carbocycles. The van der Waals surface area contributed by atoms with E-state index in [1.807, 2.05) is 48.5 Å². The van der Waals surface area contributed by atoms with E-state index in [9.17, 15) is 4.79 Å². The topological polar surface area (TPSA) is 44.8 Å². The Kier molecular flexibility index (Phi) is 7.75. The smallest absolute Gasteiger partial charge is 0.238 e. The molecule has 1 amide bonds. The van der Waals surface area contributed by atoms with Crippen LogP contribution in [0.5, 0.6) is 5.75 Å². The summed E-state index contributed by atoms with van der Waals surface area (Å²) in [6.45, 7) is 5.63. The molecule has 1 saturated heterocycles. The number of rotatable bonds is 7. The summed E-state index contributed by atoms with van der Waals surface area (Å²) in [6, 6.07) is 15.2. The van der Waals surface area contributed by atoms with Gasteiger partial charge in [-0.05, 0) is 59.0 Å². The second kappa shape index (κ2) is 10.3. The van der Waals surface area contributed by atoms with Crippen LogP contribution in [-0.4, -0.2) is 61.6 Å². The van der Waals surface area contributed by atoms with Gasteiger partial charge in [-0.25, -0.2) is 0 Å². The molecule has 2 aromatic carbocycles. The van der Waals surface area contributed by atoms with Gasteiger partial charge in [0.05, 0.1) is 12.2 Å². The fourth-order valence-electron chi connectivity index (χ4n) is 2.95. The number of piperazine rings is 1. The first-order valence-electron chi connectivity index (χ1n) is 8.97. The van der Waals surface area contributed by atoms with Crippen LogP contribution in [0, 0.1) is 3.57 Å². The number of nitrogens with zero attached hydrogens (tertiary/aromatic N) is 2. The SMILES string of the molecule is O=C(CN1CCN(CCOc2ccc(Cl)cc2)CC1)Nc1ccccc1I. The average molecular weight is 500 g/mol. The Balaban J connectivity index is 1.34. The molecule has 27 heavy (non-hydrogen) atoms. The number of para-hydroxylation sites is 1. The molecule has 1 aliphatic heterocycles. The molecule has 1 N–H and O–H groups in total.